The molecule has 0 saturated carbocycles. The minimum atomic E-state index is 0.409. The molecule has 14 heavy (non-hydrogen) atoms. The number of carbonyl (C=O) groups is 1. The summed E-state index contributed by atoms with van der Waals surface area (Å²) in [6.07, 6.45) is 2.53. The zero-order valence-electron chi connectivity index (χ0n) is 10.3. The van der Waals surface area contributed by atoms with Gasteiger partial charge in [0, 0.05) is 19.3 Å². The van der Waals surface area contributed by atoms with Gasteiger partial charge in [-0.15, -0.1) is 0 Å². The van der Waals surface area contributed by atoms with Crippen molar-refractivity contribution in [1.82, 2.24) is 0 Å². The zero-order chi connectivity index (χ0) is 11.0. The molecule has 0 rings (SSSR count). The summed E-state index contributed by atoms with van der Waals surface area (Å²) >= 11 is 0. The number of quaternary nitrogens is 1. The van der Waals surface area contributed by atoms with Gasteiger partial charge in [-0.05, 0) is 20.8 Å². The molecule has 2 heteroatoms. The van der Waals surface area contributed by atoms with Gasteiger partial charge < -0.3 is 4.48 Å². The highest BCUT2D eigenvalue weighted by atomic mass is 16.1. The third-order valence-electron chi connectivity index (χ3n) is 3.49. The minimum absolute atomic E-state index is 0.409. The van der Waals surface area contributed by atoms with Gasteiger partial charge in [-0.2, -0.15) is 0 Å². The van der Waals surface area contributed by atoms with Gasteiger partial charge >= 0.3 is 0 Å². The lowest BCUT2D eigenvalue weighted by Gasteiger charge is -2.35. The second-order valence-electron chi connectivity index (χ2n) is 4.01. The molecule has 0 atom stereocenters. The Hall–Kier alpha value is -0.370. The Morgan fingerprint density at radius 1 is 1.00 bits per heavy atom. The van der Waals surface area contributed by atoms with E-state index >= 15 is 0 Å². The number of hydrogen-bond acceptors (Lipinski definition) is 1. The van der Waals surface area contributed by atoms with Crippen molar-refractivity contribution in [3.8, 4) is 0 Å². The number of nitrogens with zero attached hydrogens (tertiary/aromatic N) is 1. The summed E-state index contributed by atoms with van der Waals surface area (Å²) in [5.74, 6) is 0.409. The summed E-state index contributed by atoms with van der Waals surface area (Å²) in [7, 11) is 0. The highest BCUT2D eigenvalue weighted by Crippen LogP contribution is 2.09. The van der Waals surface area contributed by atoms with Gasteiger partial charge in [0.25, 0.3) is 0 Å². The van der Waals surface area contributed by atoms with Gasteiger partial charge in [0.05, 0.1) is 26.2 Å². The fourth-order valence-corrected chi connectivity index (χ4v) is 1.93. The molecule has 0 N–H and O–H groups in total. The molecule has 0 aliphatic rings. The number of carbonyl (C=O) groups excluding carboxylic acids is 1. The van der Waals surface area contributed by atoms with E-state index in [-0.39, 0.29) is 0 Å². The molecule has 0 radical (unpaired) electrons. The molecule has 2 nitrogen and oxygen atoms in total. The molecule has 0 bridgehead atoms. The highest BCUT2D eigenvalue weighted by Gasteiger charge is 2.19. The van der Waals surface area contributed by atoms with Gasteiger partial charge in [0.2, 0.25) is 0 Å². The van der Waals surface area contributed by atoms with Gasteiger partial charge in [-0.25, -0.2) is 0 Å². The summed E-state index contributed by atoms with van der Waals surface area (Å²) < 4.78 is 1.16. The maximum atomic E-state index is 11.2. The molecule has 0 fully saturated rings. The van der Waals surface area contributed by atoms with E-state index < -0.39 is 0 Å². The lowest BCUT2D eigenvalue weighted by atomic mass is 10.1. The van der Waals surface area contributed by atoms with Crippen molar-refractivity contribution < 1.29 is 9.28 Å². The van der Waals surface area contributed by atoms with Crippen molar-refractivity contribution in [3.05, 3.63) is 0 Å². The van der Waals surface area contributed by atoms with Gasteiger partial charge in [0.1, 0.15) is 5.78 Å². The maximum absolute atomic E-state index is 11.2. The molecular weight excluding hydrogens is 174 g/mol. The molecule has 0 aromatic heterocycles. The van der Waals surface area contributed by atoms with Gasteiger partial charge in [-0.3, -0.25) is 4.79 Å². The van der Waals surface area contributed by atoms with Crippen LogP contribution in [0.3, 0.4) is 0 Å². The normalized spacial score (nSPS) is 11.7. The van der Waals surface area contributed by atoms with E-state index in [1.54, 1.807) is 0 Å². The van der Waals surface area contributed by atoms with Crippen LogP contribution in [0.1, 0.15) is 47.0 Å². The molecule has 0 aromatic rings. The SMILES string of the molecule is CCC(=O)CCC[N+](CC)(CC)CC. The molecule has 0 unspecified atom stereocenters. The summed E-state index contributed by atoms with van der Waals surface area (Å²) in [6, 6.07) is 0. The van der Waals surface area contributed by atoms with E-state index in [1.807, 2.05) is 6.92 Å². The van der Waals surface area contributed by atoms with Crippen LogP contribution < -0.4 is 0 Å². The first-order valence-corrected chi connectivity index (χ1v) is 6.00. The van der Waals surface area contributed by atoms with Crippen LogP contribution in [0.5, 0.6) is 0 Å². The van der Waals surface area contributed by atoms with Crippen LogP contribution in [0.2, 0.25) is 0 Å². The second-order valence-corrected chi connectivity index (χ2v) is 4.01. The first-order valence-electron chi connectivity index (χ1n) is 6.00. The Bertz CT molecular complexity index is 153. The molecular formula is C12H26NO+. The van der Waals surface area contributed by atoms with Crippen molar-refractivity contribution in [3.63, 3.8) is 0 Å². The van der Waals surface area contributed by atoms with E-state index in [4.69, 9.17) is 0 Å². The molecule has 0 saturated heterocycles. The van der Waals surface area contributed by atoms with Crippen LogP contribution in [0.15, 0.2) is 0 Å². The first kappa shape index (κ1) is 13.6. The standard InChI is InChI=1S/C12H26NO/c1-5-12(14)10-9-11-13(6-2,7-3)8-4/h5-11H2,1-4H3/q+1. The van der Waals surface area contributed by atoms with Crippen LogP contribution in [0.4, 0.5) is 0 Å². The molecule has 0 aliphatic carbocycles. The Labute approximate surface area is 88.9 Å². The van der Waals surface area contributed by atoms with Crippen LogP contribution in [-0.2, 0) is 4.79 Å². The average molecular weight is 200 g/mol. The van der Waals surface area contributed by atoms with Crippen LogP contribution in [0.25, 0.3) is 0 Å². The van der Waals surface area contributed by atoms with E-state index in [2.05, 4.69) is 20.8 Å². The average Bonchev–Trinajstić information content (AvgIpc) is 2.25. The predicted octanol–water partition coefficient (Wildman–Crippen LogP) is 2.62. The fraction of sp³-hybridized carbons (Fsp3) is 0.917. The third-order valence-corrected chi connectivity index (χ3v) is 3.49. The lowest BCUT2D eigenvalue weighted by Crippen LogP contribution is -2.48. The van der Waals surface area contributed by atoms with E-state index in [0.29, 0.717) is 12.2 Å². The molecule has 0 spiro atoms. The van der Waals surface area contributed by atoms with Crippen molar-refractivity contribution in [1.29, 1.82) is 0 Å². The van der Waals surface area contributed by atoms with Crippen molar-refractivity contribution >= 4 is 5.78 Å². The summed E-state index contributed by atoms with van der Waals surface area (Å²) in [5, 5.41) is 0. The minimum Gasteiger partial charge on any atom is -0.324 e. The monoisotopic (exact) mass is 200 g/mol. The Kier molecular flexibility index (Phi) is 6.81. The van der Waals surface area contributed by atoms with Crippen molar-refractivity contribution in [2.24, 2.45) is 0 Å². The highest BCUT2D eigenvalue weighted by molar-refractivity contribution is 5.77. The third kappa shape index (κ3) is 4.23. The van der Waals surface area contributed by atoms with Crippen LogP contribution in [-0.4, -0.2) is 36.4 Å². The maximum Gasteiger partial charge on any atom is 0.132 e. The summed E-state index contributed by atoms with van der Waals surface area (Å²) in [4.78, 5) is 11.2. The van der Waals surface area contributed by atoms with Gasteiger partial charge in [0.15, 0.2) is 0 Å². The van der Waals surface area contributed by atoms with Gasteiger partial charge in [-0.1, -0.05) is 6.92 Å². The number of Topliss-reactive ketones (excluding diaryl/α,β-unsaturated/α-hetero) is 1. The van der Waals surface area contributed by atoms with E-state index in [0.717, 1.165) is 23.9 Å². The van der Waals surface area contributed by atoms with Crippen LogP contribution >= 0.6 is 0 Å². The van der Waals surface area contributed by atoms with E-state index in [1.165, 1.54) is 19.6 Å². The smallest absolute Gasteiger partial charge is 0.132 e. The molecule has 0 amide bonds. The van der Waals surface area contributed by atoms with E-state index in [9.17, 15) is 4.79 Å². The topological polar surface area (TPSA) is 17.1 Å². The summed E-state index contributed by atoms with van der Waals surface area (Å²) in [5.41, 5.74) is 0. The molecule has 0 heterocycles. The first-order chi connectivity index (χ1) is 6.64. The van der Waals surface area contributed by atoms with Crippen LogP contribution in [0, 0.1) is 0 Å². The second kappa shape index (κ2) is 6.99. The predicted molar refractivity (Wildman–Crippen MR) is 61.3 cm³/mol. The largest absolute Gasteiger partial charge is 0.324 e. The lowest BCUT2D eigenvalue weighted by molar-refractivity contribution is -0.923. The molecule has 0 aromatic carbocycles. The number of rotatable bonds is 8. The molecule has 84 valence electrons. The number of ketones is 1. The Balaban J connectivity index is 3.88. The number of hydrogen-bond donors (Lipinski definition) is 0. The van der Waals surface area contributed by atoms with Crippen molar-refractivity contribution in [2.45, 2.75) is 47.0 Å². The Morgan fingerprint density at radius 2 is 1.50 bits per heavy atom. The van der Waals surface area contributed by atoms with Crippen molar-refractivity contribution in [2.75, 3.05) is 26.2 Å². The quantitative estimate of drug-likeness (QED) is 0.550. The Morgan fingerprint density at radius 3 is 1.86 bits per heavy atom. The molecule has 0 aliphatic heterocycles. The zero-order valence-corrected chi connectivity index (χ0v) is 10.3. The fourth-order valence-electron chi connectivity index (χ4n) is 1.93. The summed E-state index contributed by atoms with van der Waals surface area (Å²) in [6.45, 7) is 13.4.